The van der Waals surface area contributed by atoms with Gasteiger partial charge in [0, 0.05) is 23.5 Å². The van der Waals surface area contributed by atoms with Crippen molar-refractivity contribution in [1.82, 2.24) is 25.1 Å². The molecule has 15 heteroatoms. The van der Waals surface area contributed by atoms with Crippen LogP contribution in [-0.4, -0.2) is 36.0 Å². The zero-order valence-corrected chi connectivity index (χ0v) is 23.5. The minimum Gasteiger partial charge on any atom is -0.382 e. The second-order valence-electron chi connectivity index (χ2n) is 10.2. The Labute approximate surface area is 249 Å². The molecule has 0 aliphatic rings. The van der Waals surface area contributed by atoms with Gasteiger partial charge in [-0.15, -0.1) is 5.10 Å². The van der Waals surface area contributed by atoms with Crippen LogP contribution in [0.1, 0.15) is 52.3 Å². The van der Waals surface area contributed by atoms with Crippen LogP contribution in [0, 0.1) is 0 Å². The standard InChI is InChI=1S/C29H20ClF6N5O3/c1-27(2,43)26-21(22(39-44-26)19-5-3-4-6-20(19)30)25(42)23-24(16-7-9-37-10-8-16)41(40-38-23)14-15-11-17(28(31,32)33)13-18(12-15)29(34,35)36/h3-13,43H,14H2,1-2H3. The number of carbonyl (C=O) groups excluding carboxylic acids is 1. The normalized spacial score (nSPS) is 12.5. The van der Waals surface area contributed by atoms with E-state index in [1.165, 1.54) is 38.4 Å². The molecular weight excluding hydrogens is 616 g/mol. The van der Waals surface area contributed by atoms with Gasteiger partial charge in [0.25, 0.3) is 0 Å². The molecule has 3 heterocycles. The van der Waals surface area contributed by atoms with Crippen LogP contribution >= 0.6 is 11.6 Å². The lowest BCUT2D eigenvalue weighted by Gasteiger charge is -2.16. The quantitative estimate of drug-likeness (QED) is 0.149. The summed E-state index contributed by atoms with van der Waals surface area (Å²) in [6.07, 6.45) is -7.40. The van der Waals surface area contributed by atoms with Crippen molar-refractivity contribution in [3.63, 3.8) is 0 Å². The van der Waals surface area contributed by atoms with E-state index in [-0.39, 0.29) is 45.1 Å². The van der Waals surface area contributed by atoms with Crippen molar-refractivity contribution in [2.24, 2.45) is 0 Å². The highest BCUT2D eigenvalue weighted by Gasteiger charge is 2.38. The number of aromatic nitrogens is 5. The number of alkyl halides is 6. The maximum atomic E-state index is 14.2. The highest BCUT2D eigenvalue weighted by Crippen LogP contribution is 2.39. The zero-order chi connectivity index (χ0) is 32.0. The van der Waals surface area contributed by atoms with E-state index in [2.05, 4.69) is 20.5 Å². The predicted octanol–water partition coefficient (Wildman–Crippen LogP) is 7.19. The van der Waals surface area contributed by atoms with Gasteiger partial charge >= 0.3 is 12.4 Å². The molecule has 44 heavy (non-hydrogen) atoms. The molecular formula is C29H20ClF6N5O3. The molecule has 5 aromatic rings. The van der Waals surface area contributed by atoms with E-state index < -0.39 is 47.0 Å². The van der Waals surface area contributed by atoms with E-state index in [9.17, 15) is 36.2 Å². The SMILES string of the molecule is CC(C)(O)c1onc(-c2ccccc2Cl)c1C(=O)c1nnn(Cc2cc(C(F)(F)F)cc(C(F)(F)F)c2)c1-c1ccncc1. The Morgan fingerprint density at radius 1 is 0.955 bits per heavy atom. The summed E-state index contributed by atoms with van der Waals surface area (Å²) in [5.74, 6) is -1.09. The van der Waals surface area contributed by atoms with Crippen LogP contribution < -0.4 is 0 Å². The van der Waals surface area contributed by atoms with Crippen molar-refractivity contribution < 1.29 is 40.8 Å². The van der Waals surface area contributed by atoms with Gasteiger partial charge in [-0.05, 0) is 55.8 Å². The Hall–Kier alpha value is -4.56. The van der Waals surface area contributed by atoms with E-state index >= 15 is 0 Å². The number of ketones is 1. The molecule has 5 rings (SSSR count). The third kappa shape index (κ3) is 6.08. The molecule has 3 aromatic heterocycles. The van der Waals surface area contributed by atoms with Gasteiger partial charge < -0.3 is 9.63 Å². The second-order valence-corrected chi connectivity index (χ2v) is 10.6. The van der Waals surface area contributed by atoms with Gasteiger partial charge in [-0.1, -0.05) is 40.2 Å². The van der Waals surface area contributed by atoms with Crippen molar-refractivity contribution in [1.29, 1.82) is 0 Å². The Morgan fingerprint density at radius 3 is 2.14 bits per heavy atom. The molecule has 2 aromatic carbocycles. The first-order valence-corrected chi connectivity index (χ1v) is 13.1. The molecule has 228 valence electrons. The summed E-state index contributed by atoms with van der Waals surface area (Å²) in [6.45, 7) is 2.09. The third-order valence-electron chi connectivity index (χ3n) is 6.49. The number of benzene rings is 2. The van der Waals surface area contributed by atoms with Gasteiger partial charge in [0.15, 0.2) is 11.5 Å². The molecule has 0 unspecified atom stereocenters. The minimum atomic E-state index is -5.07. The molecule has 0 saturated carbocycles. The first kappa shape index (κ1) is 30.9. The van der Waals surface area contributed by atoms with Crippen LogP contribution in [-0.2, 0) is 24.5 Å². The molecule has 0 radical (unpaired) electrons. The Kier molecular flexibility index (Phi) is 7.84. The van der Waals surface area contributed by atoms with Crippen LogP contribution in [0.15, 0.2) is 71.5 Å². The fourth-order valence-corrected chi connectivity index (χ4v) is 4.75. The highest BCUT2D eigenvalue weighted by molar-refractivity contribution is 6.33. The lowest BCUT2D eigenvalue weighted by Crippen LogP contribution is -2.20. The van der Waals surface area contributed by atoms with Gasteiger partial charge in [-0.3, -0.25) is 9.78 Å². The lowest BCUT2D eigenvalue weighted by atomic mass is 9.93. The van der Waals surface area contributed by atoms with Gasteiger partial charge in [-0.2, -0.15) is 26.3 Å². The summed E-state index contributed by atoms with van der Waals surface area (Å²) >= 11 is 6.36. The number of hydrogen-bond donors (Lipinski definition) is 1. The monoisotopic (exact) mass is 635 g/mol. The Bertz CT molecular complexity index is 1810. The summed E-state index contributed by atoms with van der Waals surface area (Å²) in [5, 5.41) is 22.9. The third-order valence-corrected chi connectivity index (χ3v) is 6.82. The largest absolute Gasteiger partial charge is 0.416 e. The molecule has 0 atom stereocenters. The first-order chi connectivity index (χ1) is 20.6. The van der Waals surface area contributed by atoms with Gasteiger partial charge in [0.05, 0.1) is 28.3 Å². The Balaban J connectivity index is 1.70. The van der Waals surface area contributed by atoms with E-state index in [4.69, 9.17) is 16.1 Å². The zero-order valence-electron chi connectivity index (χ0n) is 22.7. The van der Waals surface area contributed by atoms with Crippen LogP contribution in [0.4, 0.5) is 26.3 Å². The molecule has 0 amide bonds. The summed E-state index contributed by atoms with van der Waals surface area (Å²) in [5.41, 5.74) is -5.21. The smallest absolute Gasteiger partial charge is 0.382 e. The molecule has 0 aliphatic heterocycles. The molecule has 8 nitrogen and oxygen atoms in total. The summed E-state index contributed by atoms with van der Waals surface area (Å²) < 4.78 is 87.6. The lowest BCUT2D eigenvalue weighted by molar-refractivity contribution is -0.143. The van der Waals surface area contributed by atoms with Crippen molar-refractivity contribution in [3.8, 4) is 22.5 Å². The number of pyridine rings is 1. The number of rotatable bonds is 7. The van der Waals surface area contributed by atoms with Crippen molar-refractivity contribution in [3.05, 3.63) is 106 Å². The average Bonchev–Trinajstić information content (AvgIpc) is 3.57. The van der Waals surface area contributed by atoms with Crippen molar-refractivity contribution >= 4 is 17.4 Å². The molecule has 0 spiro atoms. The number of aliphatic hydroxyl groups is 1. The maximum absolute atomic E-state index is 14.2. The molecule has 0 saturated heterocycles. The van der Waals surface area contributed by atoms with Gasteiger partial charge in [-0.25, -0.2) is 4.68 Å². The van der Waals surface area contributed by atoms with Crippen LogP contribution in [0.5, 0.6) is 0 Å². The van der Waals surface area contributed by atoms with Crippen molar-refractivity contribution in [2.75, 3.05) is 0 Å². The first-order valence-electron chi connectivity index (χ1n) is 12.7. The van der Waals surface area contributed by atoms with E-state index in [0.717, 1.165) is 4.68 Å². The number of hydrogen-bond acceptors (Lipinski definition) is 7. The summed E-state index contributed by atoms with van der Waals surface area (Å²) in [7, 11) is 0. The number of carbonyl (C=O) groups is 1. The minimum absolute atomic E-state index is 0.0177. The molecule has 0 fully saturated rings. The van der Waals surface area contributed by atoms with Crippen LogP contribution in [0.25, 0.3) is 22.5 Å². The number of halogens is 7. The van der Waals surface area contributed by atoms with Gasteiger partial charge in [0.1, 0.15) is 17.0 Å². The summed E-state index contributed by atoms with van der Waals surface area (Å²) in [6, 6.07) is 10.5. The molecule has 0 aliphatic carbocycles. The average molecular weight is 636 g/mol. The Morgan fingerprint density at radius 2 is 1.57 bits per heavy atom. The van der Waals surface area contributed by atoms with Crippen LogP contribution in [0.3, 0.4) is 0 Å². The van der Waals surface area contributed by atoms with Crippen molar-refractivity contribution in [2.45, 2.75) is 38.3 Å². The maximum Gasteiger partial charge on any atom is 0.416 e. The summed E-state index contributed by atoms with van der Waals surface area (Å²) in [4.78, 5) is 18.2. The number of nitrogens with zero attached hydrogens (tertiary/aromatic N) is 5. The fraction of sp³-hybridized carbons (Fsp3) is 0.207. The predicted molar refractivity (Wildman–Crippen MR) is 144 cm³/mol. The van der Waals surface area contributed by atoms with Gasteiger partial charge in [0.2, 0.25) is 5.78 Å². The highest BCUT2D eigenvalue weighted by atomic mass is 35.5. The van der Waals surface area contributed by atoms with E-state index in [0.29, 0.717) is 17.7 Å². The van der Waals surface area contributed by atoms with Crippen LogP contribution in [0.2, 0.25) is 5.02 Å². The second kappa shape index (κ2) is 11.2. The molecule has 1 N–H and O–H groups in total. The molecule has 0 bridgehead atoms. The topological polar surface area (TPSA) is 107 Å². The van der Waals surface area contributed by atoms with E-state index in [1.807, 2.05) is 0 Å². The fourth-order valence-electron chi connectivity index (χ4n) is 4.53. The van der Waals surface area contributed by atoms with E-state index in [1.54, 1.807) is 24.3 Å².